The van der Waals surface area contributed by atoms with Crippen LogP contribution in [0.25, 0.3) is 11.3 Å². The average Bonchev–Trinajstić information content (AvgIpc) is 3.21. The topological polar surface area (TPSA) is 28.2 Å². The van der Waals surface area contributed by atoms with Gasteiger partial charge in [0.2, 0.25) is 0 Å². The first-order chi connectivity index (χ1) is 11.9. The molecule has 7 heteroatoms. The van der Waals surface area contributed by atoms with Crippen molar-refractivity contribution in [2.45, 2.75) is 44.9 Å². The Morgan fingerprint density at radius 1 is 1.36 bits per heavy atom. The number of nitrogens with one attached hydrogen (secondary N) is 1. The summed E-state index contributed by atoms with van der Waals surface area (Å²) < 4.78 is 39.1. The molecule has 1 atom stereocenters. The van der Waals surface area contributed by atoms with Crippen molar-refractivity contribution in [3.05, 3.63) is 34.7 Å². The zero-order valence-electron chi connectivity index (χ0n) is 14.4. The van der Waals surface area contributed by atoms with Gasteiger partial charge in [0, 0.05) is 30.1 Å². The minimum Gasteiger partial charge on any atom is -0.365 e. The van der Waals surface area contributed by atoms with E-state index >= 15 is 0 Å². The van der Waals surface area contributed by atoms with Crippen LogP contribution in [0.1, 0.15) is 36.6 Å². The molecular weight excluding hydrogens is 347 g/mol. The van der Waals surface area contributed by atoms with E-state index in [1.165, 1.54) is 36.3 Å². The third-order valence-electron chi connectivity index (χ3n) is 4.69. The van der Waals surface area contributed by atoms with E-state index in [1.54, 1.807) is 13.1 Å². The van der Waals surface area contributed by atoms with Crippen molar-refractivity contribution in [2.75, 3.05) is 18.9 Å². The van der Waals surface area contributed by atoms with Crippen molar-refractivity contribution in [3.8, 4) is 11.3 Å². The molecule has 0 unspecified atom stereocenters. The maximum absolute atomic E-state index is 13.0. The number of nitrogens with zero attached hydrogens (tertiary/aromatic N) is 2. The predicted octanol–water partition coefficient (Wildman–Crippen LogP) is 5.25. The zero-order chi connectivity index (χ0) is 18.0. The number of halogens is 3. The lowest BCUT2D eigenvalue weighted by molar-refractivity contribution is -0.137. The molecule has 1 saturated heterocycles. The molecule has 1 aromatic heterocycles. The summed E-state index contributed by atoms with van der Waals surface area (Å²) in [6.45, 7) is 3.96. The van der Waals surface area contributed by atoms with Gasteiger partial charge in [-0.15, -0.1) is 11.3 Å². The first-order valence-electron chi connectivity index (χ1n) is 8.51. The van der Waals surface area contributed by atoms with E-state index < -0.39 is 11.7 Å². The van der Waals surface area contributed by atoms with E-state index in [2.05, 4.69) is 22.1 Å². The van der Waals surface area contributed by atoms with Crippen LogP contribution in [-0.4, -0.2) is 29.5 Å². The van der Waals surface area contributed by atoms with E-state index in [0.29, 0.717) is 17.3 Å². The largest absolute Gasteiger partial charge is 0.416 e. The Bertz CT molecular complexity index is 727. The van der Waals surface area contributed by atoms with Gasteiger partial charge in [0.05, 0.1) is 11.3 Å². The van der Waals surface area contributed by atoms with E-state index in [4.69, 9.17) is 0 Å². The Balaban J connectivity index is 1.95. The highest BCUT2D eigenvalue weighted by molar-refractivity contribution is 7.16. The Hall–Kier alpha value is -1.60. The van der Waals surface area contributed by atoms with Gasteiger partial charge in [0.1, 0.15) is 0 Å². The molecule has 1 aliphatic heterocycles. The second-order valence-electron chi connectivity index (χ2n) is 6.29. The molecular formula is C18H22F3N3S. The summed E-state index contributed by atoms with van der Waals surface area (Å²) >= 11 is 1.52. The Labute approximate surface area is 149 Å². The number of hydrogen-bond acceptors (Lipinski definition) is 4. The number of likely N-dealkylation sites (tertiary alicyclic amines) is 1. The van der Waals surface area contributed by atoms with Gasteiger partial charge in [-0.1, -0.05) is 19.1 Å². The van der Waals surface area contributed by atoms with Crippen LogP contribution in [0.3, 0.4) is 0 Å². The van der Waals surface area contributed by atoms with Crippen molar-refractivity contribution < 1.29 is 13.2 Å². The molecule has 0 spiro atoms. The number of alkyl halides is 3. The lowest BCUT2D eigenvalue weighted by Crippen LogP contribution is -2.28. The van der Waals surface area contributed by atoms with Crippen LogP contribution in [0.2, 0.25) is 0 Å². The maximum atomic E-state index is 13.0. The van der Waals surface area contributed by atoms with Crippen LogP contribution < -0.4 is 5.32 Å². The van der Waals surface area contributed by atoms with Crippen molar-refractivity contribution >= 4 is 16.5 Å². The molecule has 0 bridgehead atoms. The second-order valence-corrected chi connectivity index (χ2v) is 7.38. The molecule has 25 heavy (non-hydrogen) atoms. The third kappa shape index (κ3) is 3.98. The molecule has 1 aromatic carbocycles. The fourth-order valence-corrected chi connectivity index (χ4v) is 4.35. The van der Waals surface area contributed by atoms with Crippen molar-refractivity contribution in [2.24, 2.45) is 0 Å². The molecule has 2 aromatic rings. The first-order valence-corrected chi connectivity index (χ1v) is 9.33. The third-order valence-corrected chi connectivity index (χ3v) is 5.75. The lowest BCUT2D eigenvalue weighted by atomic mass is 10.1. The molecule has 3 nitrogen and oxygen atoms in total. The number of rotatable bonds is 5. The summed E-state index contributed by atoms with van der Waals surface area (Å²) in [5.74, 6) is 0. The van der Waals surface area contributed by atoms with Crippen LogP contribution in [-0.2, 0) is 12.7 Å². The normalized spacial score (nSPS) is 18.7. The van der Waals surface area contributed by atoms with E-state index in [1.807, 2.05) is 0 Å². The number of anilines is 1. The fraction of sp³-hybridized carbons (Fsp3) is 0.500. The molecule has 136 valence electrons. The van der Waals surface area contributed by atoms with Crippen molar-refractivity contribution in [1.29, 1.82) is 0 Å². The highest BCUT2D eigenvalue weighted by Gasteiger charge is 2.31. The second kappa shape index (κ2) is 7.33. The van der Waals surface area contributed by atoms with Gasteiger partial charge >= 0.3 is 6.18 Å². The van der Waals surface area contributed by atoms with Crippen LogP contribution in [0.4, 0.5) is 18.3 Å². The lowest BCUT2D eigenvalue weighted by Gasteiger charge is -2.22. The standard InChI is InChI=1S/C18H22F3N3S/c1-3-14-8-5-9-24(14)11-15-16(23-17(22-2)25-15)12-6-4-7-13(10-12)18(19,20)21/h4,6-7,10,14H,3,5,8-9,11H2,1-2H3,(H,22,23)/t14-/m1/s1. The van der Waals surface area contributed by atoms with Gasteiger partial charge in [-0.2, -0.15) is 13.2 Å². The zero-order valence-corrected chi connectivity index (χ0v) is 15.2. The Kier molecular flexibility index (Phi) is 5.34. The quantitative estimate of drug-likeness (QED) is 0.781. The summed E-state index contributed by atoms with van der Waals surface area (Å²) in [7, 11) is 1.78. The molecule has 1 fully saturated rings. The number of thiazole rings is 1. The number of hydrogen-bond donors (Lipinski definition) is 1. The Morgan fingerprint density at radius 2 is 2.16 bits per heavy atom. The minimum atomic E-state index is -4.35. The summed E-state index contributed by atoms with van der Waals surface area (Å²) in [5.41, 5.74) is 0.541. The van der Waals surface area contributed by atoms with E-state index in [-0.39, 0.29) is 0 Å². The molecule has 0 radical (unpaired) electrons. The first kappa shape index (κ1) is 18.2. The fourth-order valence-electron chi connectivity index (χ4n) is 3.38. The highest BCUT2D eigenvalue weighted by atomic mass is 32.1. The van der Waals surface area contributed by atoms with E-state index in [0.717, 1.165) is 35.6 Å². The summed E-state index contributed by atoms with van der Waals surface area (Å²) in [6, 6.07) is 6.00. The molecule has 0 aliphatic carbocycles. The van der Waals surface area contributed by atoms with Crippen molar-refractivity contribution in [3.63, 3.8) is 0 Å². The molecule has 1 N–H and O–H groups in total. The van der Waals surface area contributed by atoms with Crippen LogP contribution in [0.15, 0.2) is 24.3 Å². The predicted molar refractivity (Wildman–Crippen MR) is 95.8 cm³/mol. The van der Waals surface area contributed by atoms with Crippen LogP contribution in [0.5, 0.6) is 0 Å². The smallest absolute Gasteiger partial charge is 0.365 e. The summed E-state index contributed by atoms with van der Waals surface area (Å²) in [5, 5.41) is 3.75. The summed E-state index contributed by atoms with van der Waals surface area (Å²) in [4.78, 5) is 7.97. The molecule has 1 aliphatic rings. The molecule has 0 amide bonds. The highest BCUT2D eigenvalue weighted by Crippen LogP contribution is 2.37. The number of benzene rings is 1. The minimum absolute atomic E-state index is 0.523. The van der Waals surface area contributed by atoms with Gasteiger partial charge in [-0.25, -0.2) is 4.98 Å². The van der Waals surface area contributed by atoms with Gasteiger partial charge < -0.3 is 5.32 Å². The van der Waals surface area contributed by atoms with Crippen molar-refractivity contribution in [1.82, 2.24) is 9.88 Å². The van der Waals surface area contributed by atoms with Crippen LogP contribution >= 0.6 is 11.3 Å². The molecule has 3 rings (SSSR count). The van der Waals surface area contributed by atoms with Crippen LogP contribution in [0, 0.1) is 0 Å². The maximum Gasteiger partial charge on any atom is 0.416 e. The molecule has 0 saturated carbocycles. The van der Waals surface area contributed by atoms with E-state index in [9.17, 15) is 13.2 Å². The molecule has 2 heterocycles. The van der Waals surface area contributed by atoms with Gasteiger partial charge in [0.25, 0.3) is 0 Å². The SMILES string of the molecule is CC[C@@H]1CCCN1Cc1sc(NC)nc1-c1cccc(C(F)(F)F)c1. The number of aromatic nitrogens is 1. The van der Waals surface area contributed by atoms with Gasteiger partial charge in [-0.3, -0.25) is 4.90 Å². The average molecular weight is 369 g/mol. The Morgan fingerprint density at radius 3 is 2.84 bits per heavy atom. The van der Waals surface area contributed by atoms with Gasteiger partial charge in [0.15, 0.2) is 5.13 Å². The summed E-state index contributed by atoms with van der Waals surface area (Å²) in [6.07, 6.45) is -0.890. The van der Waals surface area contributed by atoms with Gasteiger partial charge in [-0.05, 0) is 37.9 Å². The monoisotopic (exact) mass is 369 g/mol.